The van der Waals surface area contributed by atoms with Crippen molar-refractivity contribution >= 4 is 22.0 Å². The van der Waals surface area contributed by atoms with Crippen LogP contribution in [0.2, 0.25) is 0 Å². The third-order valence-corrected chi connectivity index (χ3v) is 2.71. The van der Waals surface area contributed by atoms with Crippen molar-refractivity contribution < 1.29 is 0 Å². The van der Waals surface area contributed by atoms with E-state index in [9.17, 15) is 0 Å². The van der Waals surface area contributed by atoms with E-state index in [-0.39, 0.29) is 0 Å². The molecule has 0 aromatic carbocycles. The van der Waals surface area contributed by atoms with Crippen LogP contribution in [0.3, 0.4) is 0 Å². The maximum Gasteiger partial charge on any atom is 0.129 e. The van der Waals surface area contributed by atoms with Crippen LogP contribution < -0.4 is 11.1 Å². The largest absolute Gasteiger partial charge is 0.397 e. The third kappa shape index (κ3) is 2.63. The highest BCUT2D eigenvalue weighted by molar-refractivity contribution is 7.17. The first-order chi connectivity index (χ1) is 6.27. The smallest absolute Gasteiger partial charge is 0.129 e. The fraction of sp³-hybridized carbons (Fsp3) is 0.444. The van der Waals surface area contributed by atoms with Crippen molar-refractivity contribution in [2.75, 3.05) is 17.6 Å². The number of hydrogen-bond donors (Lipinski definition) is 2. The zero-order valence-electron chi connectivity index (χ0n) is 7.63. The first-order valence-corrected chi connectivity index (χ1v) is 5.13. The van der Waals surface area contributed by atoms with E-state index >= 15 is 0 Å². The van der Waals surface area contributed by atoms with Crippen LogP contribution in [0, 0.1) is 11.3 Å². The number of rotatable bonds is 4. The lowest BCUT2D eigenvalue weighted by Crippen LogP contribution is -1.98. The number of anilines is 2. The Morgan fingerprint density at radius 3 is 3.00 bits per heavy atom. The van der Waals surface area contributed by atoms with Crippen molar-refractivity contribution in [1.29, 1.82) is 5.26 Å². The van der Waals surface area contributed by atoms with Gasteiger partial charge in [0.05, 0.1) is 10.7 Å². The summed E-state index contributed by atoms with van der Waals surface area (Å²) >= 11 is 1.41. The number of hydrogen-bond acceptors (Lipinski definition) is 4. The molecule has 13 heavy (non-hydrogen) atoms. The lowest BCUT2D eigenvalue weighted by atomic mass is 10.3. The molecule has 70 valence electrons. The van der Waals surface area contributed by atoms with Crippen LogP contribution in [0.15, 0.2) is 6.07 Å². The fourth-order valence-electron chi connectivity index (χ4n) is 0.968. The molecule has 0 fully saturated rings. The molecule has 0 atom stereocenters. The quantitative estimate of drug-likeness (QED) is 0.725. The fourth-order valence-corrected chi connectivity index (χ4v) is 1.77. The van der Waals surface area contributed by atoms with E-state index in [0.717, 1.165) is 18.0 Å². The van der Waals surface area contributed by atoms with E-state index in [4.69, 9.17) is 11.0 Å². The highest BCUT2D eigenvalue weighted by Crippen LogP contribution is 2.27. The zero-order valence-corrected chi connectivity index (χ0v) is 8.45. The van der Waals surface area contributed by atoms with Crippen LogP contribution in [0.4, 0.5) is 10.7 Å². The molecular weight excluding hydrogens is 182 g/mol. The SMILES string of the molecule is CCCCNc1cc(N)c(C#N)s1. The summed E-state index contributed by atoms with van der Waals surface area (Å²) in [5, 5.41) is 12.9. The van der Waals surface area contributed by atoms with Gasteiger partial charge < -0.3 is 11.1 Å². The van der Waals surface area contributed by atoms with Crippen molar-refractivity contribution in [3.8, 4) is 6.07 Å². The molecule has 3 N–H and O–H groups in total. The molecule has 1 aromatic rings. The molecule has 1 heterocycles. The maximum atomic E-state index is 8.66. The van der Waals surface area contributed by atoms with E-state index in [1.807, 2.05) is 6.07 Å². The lowest BCUT2D eigenvalue weighted by molar-refractivity contribution is 0.836. The number of thiophene rings is 1. The van der Waals surface area contributed by atoms with Crippen LogP contribution in [-0.2, 0) is 0 Å². The minimum absolute atomic E-state index is 0.575. The van der Waals surface area contributed by atoms with Gasteiger partial charge in [0.15, 0.2) is 0 Å². The van der Waals surface area contributed by atoms with Crippen LogP contribution in [0.1, 0.15) is 24.6 Å². The molecule has 3 nitrogen and oxygen atoms in total. The summed E-state index contributed by atoms with van der Waals surface area (Å²) < 4.78 is 0. The molecule has 1 aromatic heterocycles. The maximum absolute atomic E-state index is 8.66. The van der Waals surface area contributed by atoms with Gasteiger partial charge in [-0.3, -0.25) is 0 Å². The molecule has 0 unspecified atom stereocenters. The number of nitrogens with two attached hydrogens (primary N) is 1. The van der Waals surface area contributed by atoms with Gasteiger partial charge in [0.2, 0.25) is 0 Å². The summed E-state index contributed by atoms with van der Waals surface area (Å²) in [5.74, 6) is 0. The second-order valence-corrected chi connectivity index (χ2v) is 3.84. The molecule has 1 rings (SSSR count). The van der Waals surface area contributed by atoms with Gasteiger partial charge in [-0.1, -0.05) is 13.3 Å². The summed E-state index contributed by atoms with van der Waals surface area (Å²) in [6, 6.07) is 3.88. The highest BCUT2D eigenvalue weighted by Gasteiger charge is 2.03. The third-order valence-electron chi connectivity index (χ3n) is 1.69. The molecule has 0 aliphatic heterocycles. The van der Waals surface area contributed by atoms with Crippen LogP contribution in [0.25, 0.3) is 0 Å². The first-order valence-electron chi connectivity index (χ1n) is 4.31. The van der Waals surface area contributed by atoms with E-state index in [2.05, 4.69) is 18.3 Å². The number of unbranched alkanes of at least 4 members (excludes halogenated alkanes) is 1. The first kappa shape index (κ1) is 9.87. The van der Waals surface area contributed by atoms with Crippen LogP contribution in [-0.4, -0.2) is 6.54 Å². The second-order valence-electron chi connectivity index (χ2n) is 2.79. The molecule has 0 saturated carbocycles. The van der Waals surface area contributed by atoms with E-state index in [1.54, 1.807) is 0 Å². The minimum atomic E-state index is 0.575. The van der Waals surface area contributed by atoms with Crippen LogP contribution in [0.5, 0.6) is 0 Å². The van der Waals surface area contributed by atoms with Gasteiger partial charge in [0.1, 0.15) is 10.9 Å². The van der Waals surface area contributed by atoms with Gasteiger partial charge in [-0.15, -0.1) is 11.3 Å². The minimum Gasteiger partial charge on any atom is -0.397 e. The summed E-state index contributed by atoms with van der Waals surface area (Å²) in [5.41, 5.74) is 6.18. The predicted molar refractivity (Wildman–Crippen MR) is 56.8 cm³/mol. The van der Waals surface area contributed by atoms with E-state index in [0.29, 0.717) is 10.6 Å². The Morgan fingerprint density at radius 2 is 2.46 bits per heavy atom. The van der Waals surface area contributed by atoms with Crippen molar-refractivity contribution in [2.45, 2.75) is 19.8 Å². The van der Waals surface area contributed by atoms with Gasteiger partial charge in [-0.25, -0.2) is 0 Å². The molecule has 0 spiro atoms. The Balaban J connectivity index is 2.54. The Labute approximate surface area is 82.2 Å². The summed E-state index contributed by atoms with van der Waals surface area (Å²) in [6.07, 6.45) is 2.30. The van der Waals surface area contributed by atoms with Crippen molar-refractivity contribution in [2.24, 2.45) is 0 Å². The van der Waals surface area contributed by atoms with Gasteiger partial charge in [-0.2, -0.15) is 5.26 Å². The standard InChI is InChI=1S/C9H13N3S/c1-2-3-4-12-9-5-7(11)8(6-10)13-9/h5,12H,2-4,11H2,1H3. The molecule has 0 radical (unpaired) electrons. The Morgan fingerprint density at radius 1 is 1.69 bits per heavy atom. The topological polar surface area (TPSA) is 61.8 Å². The summed E-state index contributed by atoms with van der Waals surface area (Å²) in [4.78, 5) is 0.596. The van der Waals surface area contributed by atoms with Gasteiger partial charge >= 0.3 is 0 Å². The molecule has 0 saturated heterocycles. The number of nitrogens with one attached hydrogen (secondary N) is 1. The normalized spacial score (nSPS) is 9.54. The molecule has 4 heteroatoms. The molecule has 0 aliphatic carbocycles. The average molecular weight is 195 g/mol. The van der Waals surface area contributed by atoms with Gasteiger partial charge in [0, 0.05) is 6.54 Å². The Hall–Kier alpha value is -1.21. The molecule has 0 amide bonds. The number of nitrogens with zero attached hydrogens (tertiary/aromatic N) is 1. The lowest BCUT2D eigenvalue weighted by Gasteiger charge is -1.99. The predicted octanol–water partition coefficient (Wildman–Crippen LogP) is 2.41. The molecule has 0 aliphatic rings. The Bertz CT molecular complexity index is 311. The van der Waals surface area contributed by atoms with Crippen LogP contribution >= 0.6 is 11.3 Å². The van der Waals surface area contributed by atoms with Crippen molar-refractivity contribution in [3.05, 3.63) is 10.9 Å². The average Bonchev–Trinajstić information content (AvgIpc) is 2.47. The molecular formula is C9H13N3S. The summed E-state index contributed by atoms with van der Waals surface area (Å²) in [7, 11) is 0. The monoisotopic (exact) mass is 195 g/mol. The number of nitriles is 1. The highest BCUT2D eigenvalue weighted by atomic mass is 32.1. The van der Waals surface area contributed by atoms with Crippen molar-refractivity contribution in [1.82, 2.24) is 0 Å². The van der Waals surface area contributed by atoms with Crippen molar-refractivity contribution in [3.63, 3.8) is 0 Å². The molecule has 0 bridgehead atoms. The second kappa shape index (κ2) is 4.73. The Kier molecular flexibility index (Phi) is 3.59. The number of nitrogen functional groups attached to an aromatic ring is 1. The van der Waals surface area contributed by atoms with E-state index < -0.39 is 0 Å². The zero-order chi connectivity index (χ0) is 9.68. The van der Waals surface area contributed by atoms with Gasteiger partial charge in [0.25, 0.3) is 0 Å². The summed E-state index contributed by atoms with van der Waals surface area (Å²) in [6.45, 7) is 3.09. The van der Waals surface area contributed by atoms with E-state index in [1.165, 1.54) is 17.8 Å². The van der Waals surface area contributed by atoms with Gasteiger partial charge in [-0.05, 0) is 12.5 Å².